The van der Waals surface area contributed by atoms with Crippen LogP contribution in [0.2, 0.25) is 0 Å². The molecule has 2 rings (SSSR count). The molecule has 0 aliphatic carbocycles. The Labute approximate surface area is 120 Å². The minimum atomic E-state index is -1.57. The van der Waals surface area contributed by atoms with Gasteiger partial charge in [0.25, 0.3) is 0 Å². The van der Waals surface area contributed by atoms with Crippen LogP contribution in [0, 0.1) is 11.6 Å². The number of hydrogen-bond donors (Lipinski definition) is 2. The van der Waals surface area contributed by atoms with E-state index in [2.05, 4.69) is 0 Å². The second-order valence-corrected chi connectivity index (χ2v) is 4.25. The van der Waals surface area contributed by atoms with Crippen molar-refractivity contribution in [3.05, 3.63) is 54.1 Å². The molecule has 0 bridgehead atoms. The summed E-state index contributed by atoms with van der Waals surface area (Å²) in [5.74, 6) is -0.906. The lowest BCUT2D eigenvalue weighted by molar-refractivity contribution is 0.216. The molecule has 2 N–H and O–H groups in total. The van der Waals surface area contributed by atoms with E-state index in [1.165, 1.54) is 6.07 Å². The summed E-state index contributed by atoms with van der Waals surface area (Å²) in [6.07, 6.45) is 0. The molecular formula is C14H13BF2O4. The van der Waals surface area contributed by atoms with Gasteiger partial charge in [-0.2, -0.15) is 0 Å². The molecule has 2 aromatic carbocycles. The van der Waals surface area contributed by atoms with Crippen molar-refractivity contribution in [3.8, 4) is 11.5 Å². The van der Waals surface area contributed by atoms with Crippen LogP contribution in [0.5, 0.6) is 11.5 Å². The first-order valence-electron chi connectivity index (χ1n) is 6.22. The Bertz CT molecular complexity index is 587. The standard InChI is InChI=1S/C14H13BF2O4/c16-11-7-12(17)9-14(8-11)21-5-4-20-13-3-1-2-10(6-13)15(18)19/h1-3,6-9,18-19H,4-5H2. The van der Waals surface area contributed by atoms with Gasteiger partial charge in [0, 0.05) is 18.2 Å². The fourth-order valence-corrected chi connectivity index (χ4v) is 1.70. The zero-order chi connectivity index (χ0) is 15.2. The van der Waals surface area contributed by atoms with Gasteiger partial charge in [-0.25, -0.2) is 8.78 Å². The van der Waals surface area contributed by atoms with Gasteiger partial charge in [-0.1, -0.05) is 12.1 Å². The maximum absolute atomic E-state index is 12.9. The molecule has 21 heavy (non-hydrogen) atoms. The lowest BCUT2D eigenvalue weighted by Crippen LogP contribution is -2.29. The van der Waals surface area contributed by atoms with Crippen molar-refractivity contribution in [1.82, 2.24) is 0 Å². The van der Waals surface area contributed by atoms with Gasteiger partial charge in [-0.15, -0.1) is 0 Å². The summed E-state index contributed by atoms with van der Waals surface area (Å²) in [5.41, 5.74) is 0.306. The topological polar surface area (TPSA) is 58.9 Å². The molecule has 0 aliphatic rings. The maximum atomic E-state index is 12.9. The molecule has 0 aromatic heterocycles. The quantitative estimate of drug-likeness (QED) is 0.619. The zero-order valence-electron chi connectivity index (χ0n) is 11.0. The minimum absolute atomic E-state index is 0.0793. The van der Waals surface area contributed by atoms with Gasteiger partial charge in [-0.05, 0) is 17.6 Å². The molecule has 0 saturated carbocycles. The van der Waals surface area contributed by atoms with E-state index in [0.29, 0.717) is 11.2 Å². The number of rotatable bonds is 6. The third kappa shape index (κ3) is 4.73. The average molecular weight is 294 g/mol. The third-order valence-electron chi connectivity index (χ3n) is 2.61. The van der Waals surface area contributed by atoms with E-state index in [1.54, 1.807) is 18.2 Å². The van der Waals surface area contributed by atoms with Gasteiger partial charge < -0.3 is 19.5 Å². The van der Waals surface area contributed by atoms with Crippen molar-refractivity contribution in [2.45, 2.75) is 0 Å². The first-order valence-corrected chi connectivity index (χ1v) is 6.22. The molecule has 0 amide bonds. The van der Waals surface area contributed by atoms with E-state index in [4.69, 9.17) is 19.5 Å². The van der Waals surface area contributed by atoms with E-state index in [1.807, 2.05) is 0 Å². The van der Waals surface area contributed by atoms with E-state index >= 15 is 0 Å². The predicted octanol–water partition coefficient (Wildman–Crippen LogP) is 1.10. The molecule has 0 atom stereocenters. The minimum Gasteiger partial charge on any atom is -0.490 e. The summed E-state index contributed by atoms with van der Waals surface area (Å²) in [7, 11) is -1.57. The van der Waals surface area contributed by atoms with E-state index in [0.717, 1.165) is 18.2 Å². The van der Waals surface area contributed by atoms with Gasteiger partial charge in [0.2, 0.25) is 0 Å². The Morgan fingerprint density at radius 2 is 1.48 bits per heavy atom. The second kappa shape index (κ2) is 7.05. The van der Waals surface area contributed by atoms with Crippen LogP contribution in [0.25, 0.3) is 0 Å². The fraction of sp³-hybridized carbons (Fsp3) is 0.143. The van der Waals surface area contributed by atoms with Gasteiger partial charge >= 0.3 is 7.12 Å². The van der Waals surface area contributed by atoms with E-state index < -0.39 is 18.8 Å². The Morgan fingerprint density at radius 3 is 2.10 bits per heavy atom. The molecule has 0 heterocycles. The van der Waals surface area contributed by atoms with Crippen molar-refractivity contribution in [3.63, 3.8) is 0 Å². The predicted molar refractivity (Wildman–Crippen MR) is 73.6 cm³/mol. The SMILES string of the molecule is OB(O)c1cccc(OCCOc2cc(F)cc(F)c2)c1. The number of hydrogen-bond acceptors (Lipinski definition) is 4. The van der Waals surface area contributed by atoms with Crippen LogP contribution in [0.1, 0.15) is 0 Å². The molecule has 0 spiro atoms. The highest BCUT2D eigenvalue weighted by molar-refractivity contribution is 6.58. The number of ether oxygens (including phenoxy) is 2. The van der Waals surface area contributed by atoms with E-state index in [9.17, 15) is 8.78 Å². The monoisotopic (exact) mass is 294 g/mol. The van der Waals surface area contributed by atoms with Crippen molar-refractivity contribution in [2.24, 2.45) is 0 Å². The summed E-state index contributed by atoms with van der Waals surface area (Å²) in [5, 5.41) is 18.0. The molecule has 110 valence electrons. The molecule has 0 saturated heterocycles. The third-order valence-corrected chi connectivity index (χ3v) is 2.61. The van der Waals surface area contributed by atoms with E-state index in [-0.39, 0.29) is 19.0 Å². The van der Waals surface area contributed by atoms with Crippen LogP contribution in [0.15, 0.2) is 42.5 Å². The molecular weight excluding hydrogens is 281 g/mol. The Morgan fingerprint density at radius 1 is 0.857 bits per heavy atom. The summed E-state index contributed by atoms with van der Waals surface area (Å²) in [6, 6.07) is 9.20. The van der Waals surface area contributed by atoms with Crippen LogP contribution in [-0.4, -0.2) is 30.4 Å². The van der Waals surface area contributed by atoms with Gasteiger partial charge in [-0.3, -0.25) is 0 Å². The lowest BCUT2D eigenvalue weighted by atomic mass is 9.80. The fourth-order valence-electron chi connectivity index (χ4n) is 1.70. The normalized spacial score (nSPS) is 10.3. The largest absolute Gasteiger partial charge is 0.490 e. The van der Waals surface area contributed by atoms with Crippen molar-refractivity contribution in [2.75, 3.05) is 13.2 Å². The van der Waals surface area contributed by atoms with Gasteiger partial charge in [0.15, 0.2) is 0 Å². The first-order chi connectivity index (χ1) is 10.0. The van der Waals surface area contributed by atoms with Gasteiger partial charge in [0.1, 0.15) is 36.3 Å². The van der Waals surface area contributed by atoms with Crippen molar-refractivity contribution in [1.29, 1.82) is 0 Å². The Balaban J connectivity index is 1.83. The zero-order valence-corrected chi connectivity index (χ0v) is 11.0. The highest BCUT2D eigenvalue weighted by atomic mass is 19.1. The van der Waals surface area contributed by atoms with Crippen LogP contribution < -0.4 is 14.9 Å². The Kier molecular flexibility index (Phi) is 5.13. The Hall–Kier alpha value is -2.12. The lowest BCUT2D eigenvalue weighted by Gasteiger charge is -2.09. The smallest absolute Gasteiger partial charge is 0.488 e. The van der Waals surface area contributed by atoms with Crippen LogP contribution in [-0.2, 0) is 0 Å². The average Bonchev–Trinajstić information content (AvgIpc) is 2.43. The summed E-state index contributed by atoms with van der Waals surface area (Å²) >= 11 is 0. The van der Waals surface area contributed by atoms with Crippen LogP contribution in [0.3, 0.4) is 0 Å². The highest BCUT2D eigenvalue weighted by Gasteiger charge is 2.11. The molecule has 0 radical (unpaired) electrons. The van der Waals surface area contributed by atoms with Crippen molar-refractivity contribution < 1.29 is 28.3 Å². The highest BCUT2D eigenvalue weighted by Crippen LogP contribution is 2.15. The maximum Gasteiger partial charge on any atom is 0.488 e. The molecule has 4 nitrogen and oxygen atoms in total. The summed E-state index contributed by atoms with van der Waals surface area (Å²) < 4.78 is 36.4. The van der Waals surface area contributed by atoms with Crippen LogP contribution in [0.4, 0.5) is 8.78 Å². The van der Waals surface area contributed by atoms with Gasteiger partial charge in [0.05, 0.1) is 0 Å². The number of halogens is 2. The second-order valence-electron chi connectivity index (χ2n) is 4.25. The molecule has 0 aliphatic heterocycles. The summed E-state index contributed by atoms with van der Waals surface area (Å²) in [6.45, 7) is 0.234. The molecule has 0 unspecified atom stereocenters. The molecule has 2 aromatic rings. The molecule has 0 fully saturated rings. The van der Waals surface area contributed by atoms with Crippen molar-refractivity contribution >= 4 is 12.6 Å². The molecule has 7 heteroatoms. The van der Waals surface area contributed by atoms with Crippen LogP contribution >= 0.6 is 0 Å². The number of benzene rings is 2. The summed E-state index contributed by atoms with van der Waals surface area (Å²) in [4.78, 5) is 0. The first kappa shape index (κ1) is 15.3.